The van der Waals surface area contributed by atoms with Crippen molar-refractivity contribution in [3.8, 4) is 5.69 Å². The molecule has 8 heteroatoms. The van der Waals surface area contributed by atoms with E-state index >= 15 is 0 Å². The zero-order valence-electron chi connectivity index (χ0n) is 17.0. The summed E-state index contributed by atoms with van der Waals surface area (Å²) in [6.45, 7) is 1.87. The highest BCUT2D eigenvalue weighted by atomic mass is 35.5. The van der Waals surface area contributed by atoms with E-state index in [1.807, 2.05) is 60.0 Å². The Morgan fingerprint density at radius 1 is 0.875 bits per heavy atom. The summed E-state index contributed by atoms with van der Waals surface area (Å²) in [5.74, 6) is 1.06. The van der Waals surface area contributed by atoms with Crippen LogP contribution < -0.4 is 5.01 Å². The lowest BCUT2D eigenvalue weighted by atomic mass is 10.0. The minimum atomic E-state index is -0.112. The maximum Gasteiger partial charge on any atom is 0.252 e. The summed E-state index contributed by atoms with van der Waals surface area (Å²) in [6, 6.07) is 22.2. The predicted octanol–water partition coefficient (Wildman–Crippen LogP) is 5.34. The van der Waals surface area contributed by atoms with Crippen molar-refractivity contribution < 1.29 is 4.79 Å². The van der Waals surface area contributed by atoms with E-state index in [0.29, 0.717) is 33.1 Å². The van der Waals surface area contributed by atoms with Gasteiger partial charge in [0.05, 0.1) is 5.69 Å². The Hall–Kier alpha value is -3.48. The second-order valence-electron chi connectivity index (χ2n) is 7.34. The number of fused-ring (bicyclic) bond motifs is 3. The molecule has 1 aliphatic rings. The minimum absolute atomic E-state index is 0.00908. The molecule has 1 aliphatic heterocycles. The van der Waals surface area contributed by atoms with Crippen LogP contribution in [0.3, 0.4) is 0 Å². The number of benzene rings is 3. The Morgan fingerprint density at radius 3 is 2.25 bits per heavy atom. The lowest BCUT2D eigenvalue weighted by Gasteiger charge is -2.17. The number of carbonyl (C=O) groups excluding carboxylic acids is 1. The fraction of sp³-hybridized carbons (Fsp3) is 0.0833. The zero-order valence-corrected chi connectivity index (χ0v) is 18.5. The van der Waals surface area contributed by atoms with E-state index in [-0.39, 0.29) is 12.3 Å². The van der Waals surface area contributed by atoms with Crippen LogP contribution in [0, 0.1) is 6.92 Å². The fourth-order valence-electron chi connectivity index (χ4n) is 3.68. The van der Waals surface area contributed by atoms with Crippen LogP contribution >= 0.6 is 23.2 Å². The first kappa shape index (κ1) is 20.4. The van der Waals surface area contributed by atoms with Gasteiger partial charge in [0, 0.05) is 26.7 Å². The summed E-state index contributed by atoms with van der Waals surface area (Å²) in [6.07, 6.45) is 0. The molecule has 0 bridgehead atoms. The lowest BCUT2D eigenvalue weighted by Crippen LogP contribution is -2.28. The number of Topliss-reactive ketones (excluding diaryl/α,β-unsaturated/α-hetero) is 1. The maximum atomic E-state index is 13.1. The molecule has 2 heterocycles. The van der Waals surface area contributed by atoms with E-state index in [2.05, 4.69) is 10.2 Å². The van der Waals surface area contributed by atoms with Crippen molar-refractivity contribution >= 4 is 40.6 Å². The summed E-state index contributed by atoms with van der Waals surface area (Å²) in [4.78, 5) is 13.1. The van der Waals surface area contributed by atoms with Crippen LogP contribution in [0.5, 0.6) is 0 Å². The smallest absolute Gasteiger partial charge is 0.252 e. The van der Waals surface area contributed by atoms with Gasteiger partial charge in [-0.3, -0.25) is 9.36 Å². The number of aromatic nitrogens is 3. The van der Waals surface area contributed by atoms with Crippen molar-refractivity contribution in [2.75, 3.05) is 11.6 Å². The third kappa shape index (κ3) is 3.68. The second kappa shape index (κ2) is 8.22. The first-order chi connectivity index (χ1) is 15.5. The Kier molecular flexibility index (Phi) is 5.25. The van der Waals surface area contributed by atoms with Crippen molar-refractivity contribution in [1.29, 1.82) is 0 Å². The lowest BCUT2D eigenvalue weighted by molar-refractivity contribution is 0.0999. The van der Waals surface area contributed by atoms with Gasteiger partial charge in [-0.1, -0.05) is 53.5 Å². The number of rotatable bonds is 4. The maximum absolute atomic E-state index is 13.1. The van der Waals surface area contributed by atoms with Crippen LogP contribution in [-0.2, 0) is 0 Å². The molecule has 0 saturated carbocycles. The molecule has 3 aromatic carbocycles. The first-order valence-corrected chi connectivity index (χ1v) is 10.7. The Bertz CT molecular complexity index is 1340. The third-order valence-electron chi connectivity index (χ3n) is 5.24. The van der Waals surface area contributed by atoms with Gasteiger partial charge in [-0.05, 0) is 49.4 Å². The van der Waals surface area contributed by atoms with E-state index in [1.165, 1.54) is 0 Å². The van der Waals surface area contributed by atoms with Gasteiger partial charge in [0.1, 0.15) is 18.1 Å². The Morgan fingerprint density at radius 2 is 1.53 bits per heavy atom. The largest absolute Gasteiger partial charge is 0.292 e. The third-order valence-corrected chi connectivity index (χ3v) is 5.74. The first-order valence-electron chi connectivity index (χ1n) is 9.94. The van der Waals surface area contributed by atoms with Crippen molar-refractivity contribution in [3.05, 3.63) is 105 Å². The van der Waals surface area contributed by atoms with Crippen LogP contribution in [0.2, 0.25) is 10.0 Å². The highest BCUT2D eigenvalue weighted by Crippen LogP contribution is 2.30. The predicted molar refractivity (Wildman–Crippen MR) is 126 cm³/mol. The number of hydrogen-bond acceptors (Lipinski definition) is 5. The van der Waals surface area contributed by atoms with Gasteiger partial charge >= 0.3 is 0 Å². The van der Waals surface area contributed by atoms with Gasteiger partial charge in [-0.15, -0.1) is 10.2 Å². The van der Waals surface area contributed by atoms with Crippen LogP contribution in [0.4, 0.5) is 5.95 Å². The number of hydrazone groups is 1. The van der Waals surface area contributed by atoms with Gasteiger partial charge in [-0.25, -0.2) is 5.01 Å². The molecule has 158 valence electrons. The van der Waals surface area contributed by atoms with Gasteiger partial charge in [0.2, 0.25) is 0 Å². The van der Waals surface area contributed by atoms with Crippen LogP contribution in [0.15, 0.2) is 77.9 Å². The molecule has 0 N–H and O–H groups in total. The number of para-hydroxylation sites is 1. The molecule has 0 fully saturated rings. The molecule has 6 nitrogen and oxygen atoms in total. The van der Waals surface area contributed by atoms with Crippen molar-refractivity contribution in [2.24, 2.45) is 5.10 Å². The molecule has 5 rings (SSSR count). The summed E-state index contributed by atoms with van der Waals surface area (Å²) in [7, 11) is 0. The average molecular weight is 462 g/mol. The number of anilines is 1. The number of halogens is 2. The van der Waals surface area contributed by atoms with Crippen molar-refractivity contribution in [1.82, 2.24) is 14.8 Å². The molecule has 0 spiro atoms. The molecule has 32 heavy (non-hydrogen) atoms. The quantitative estimate of drug-likeness (QED) is 0.384. The molecule has 4 aromatic rings. The summed E-state index contributed by atoms with van der Waals surface area (Å²) >= 11 is 12.1. The Balaban J connectivity index is 1.66. The van der Waals surface area contributed by atoms with Crippen molar-refractivity contribution in [3.63, 3.8) is 0 Å². The average Bonchev–Trinajstić information content (AvgIpc) is 3.12. The van der Waals surface area contributed by atoms with Crippen LogP contribution in [-0.4, -0.2) is 32.8 Å². The van der Waals surface area contributed by atoms with E-state index in [0.717, 1.165) is 16.8 Å². The normalized spacial score (nSPS) is 12.6. The van der Waals surface area contributed by atoms with Gasteiger partial charge in [0.25, 0.3) is 5.95 Å². The zero-order chi connectivity index (χ0) is 22.2. The van der Waals surface area contributed by atoms with E-state index in [4.69, 9.17) is 28.3 Å². The number of nitrogens with zero attached hydrogens (tertiary/aromatic N) is 5. The topological polar surface area (TPSA) is 63.4 Å². The van der Waals surface area contributed by atoms with E-state index in [9.17, 15) is 4.79 Å². The summed E-state index contributed by atoms with van der Waals surface area (Å²) in [5, 5.41) is 16.3. The second-order valence-corrected chi connectivity index (χ2v) is 8.22. The van der Waals surface area contributed by atoms with Gasteiger partial charge in [-0.2, -0.15) is 5.10 Å². The molecule has 0 amide bonds. The molecule has 0 saturated heterocycles. The highest BCUT2D eigenvalue weighted by molar-refractivity contribution is 6.31. The van der Waals surface area contributed by atoms with Crippen molar-refractivity contribution in [2.45, 2.75) is 6.92 Å². The number of aryl methyl sites for hydroxylation is 1. The molecule has 0 aliphatic carbocycles. The van der Waals surface area contributed by atoms with Crippen LogP contribution in [0.1, 0.15) is 27.3 Å². The number of hydrogen-bond donors (Lipinski definition) is 0. The SMILES string of the molecule is Cc1nnc2n1-c1ccccc1C(c1ccc(Cl)cc1)=NN2CC(=O)c1ccc(Cl)cc1. The van der Waals surface area contributed by atoms with Crippen LogP contribution in [0.25, 0.3) is 5.69 Å². The fourth-order valence-corrected chi connectivity index (χ4v) is 3.93. The standard InChI is InChI=1S/C24H17Cl2N5O/c1-15-27-28-24-30(14-22(32)16-6-10-18(25)11-7-16)29-23(17-8-12-19(26)13-9-17)20-4-2-3-5-21(20)31(15)24/h2-13H,14H2,1H3. The molecular weight excluding hydrogens is 445 g/mol. The van der Waals surface area contributed by atoms with Gasteiger partial charge in [0.15, 0.2) is 5.78 Å². The summed E-state index contributed by atoms with van der Waals surface area (Å²) in [5.41, 5.74) is 3.93. The van der Waals surface area contributed by atoms with Gasteiger partial charge < -0.3 is 0 Å². The number of carbonyl (C=O) groups is 1. The molecule has 0 radical (unpaired) electrons. The molecule has 1 aromatic heterocycles. The number of ketones is 1. The molecule has 0 unspecified atom stereocenters. The Labute approximate surface area is 194 Å². The highest BCUT2D eigenvalue weighted by Gasteiger charge is 2.27. The molecular formula is C24H17Cl2N5O. The van der Waals surface area contributed by atoms with E-state index in [1.54, 1.807) is 29.3 Å². The summed E-state index contributed by atoms with van der Waals surface area (Å²) < 4.78 is 1.91. The monoisotopic (exact) mass is 461 g/mol. The van der Waals surface area contributed by atoms with E-state index < -0.39 is 0 Å². The minimum Gasteiger partial charge on any atom is -0.292 e. The molecule has 0 atom stereocenters.